The first-order valence-electron chi connectivity index (χ1n) is 6.14. The van der Waals surface area contributed by atoms with Gasteiger partial charge in [-0.25, -0.2) is 4.79 Å². The molecule has 0 fully saturated rings. The summed E-state index contributed by atoms with van der Waals surface area (Å²) in [5, 5.41) is 18.7. The standard InChI is InChI=1S/C13H20N2O5/c1-7-10(8(2)14-11(7)13(18)19)12(17)15(3)5-9(16)6-20-4/h9,14,16H,5-6H2,1-4H3,(H,18,19). The van der Waals surface area contributed by atoms with E-state index < -0.39 is 12.1 Å². The van der Waals surface area contributed by atoms with Crippen molar-refractivity contribution < 1.29 is 24.5 Å². The van der Waals surface area contributed by atoms with Crippen LogP contribution in [-0.4, -0.2) is 65.4 Å². The first kappa shape index (κ1) is 16.2. The fourth-order valence-corrected chi connectivity index (χ4v) is 2.12. The summed E-state index contributed by atoms with van der Waals surface area (Å²) >= 11 is 0. The van der Waals surface area contributed by atoms with Crippen molar-refractivity contribution in [2.75, 3.05) is 27.3 Å². The van der Waals surface area contributed by atoms with Gasteiger partial charge in [0.1, 0.15) is 5.69 Å². The molecule has 0 saturated carbocycles. The molecule has 0 saturated heterocycles. The van der Waals surface area contributed by atoms with Crippen molar-refractivity contribution in [3.8, 4) is 0 Å². The lowest BCUT2D eigenvalue weighted by Crippen LogP contribution is -2.36. The van der Waals surface area contributed by atoms with Crippen LogP contribution in [0.1, 0.15) is 32.1 Å². The number of aromatic nitrogens is 1. The summed E-state index contributed by atoms with van der Waals surface area (Å²) in [6.45, 7) is 3.47. The predicted octanol–water partition coefficient (Wildman–Crippen LogP) is 0.409. The minimum Gasteiger partial charge on any atom is -0.477 e. The number of nitrogens with one attached hydrogen (secondary N) is 1. The molecule has 20 heavy (non-hydrogen) atoms. The van der Waals surface area contributed by atoms with Crippen LogP contribution < -0.4 is 0 Å². The molecule has 1 rings (SSSR count). The molecule has 0 aliphatic carbocycles. The van der Waals surface area contributed by atoms with E-state index in [-0.39, 0.29) is 24.8 Å². The maximum Gasteiger partial charge on any atom is 0.352 e. The van der Waals surface area contributed by atoms with Crippen LogP contribution in [0.3, 0.4) is 0 Å². The van der Waals surface area contributed by atoms with E-state index in [1.54, 1.807) is 20.9 Å². The third-order valence-electron chi connectivity index (χ3n) is 3.06. The van der Waals surface area contributed by atoms with Crippen molar-refractivity contribution in [1.29, 1.82) is 0 Å². The molecule has 112 valence electrons. The molecule has 7 nitrogen and oxygen atoms in total. The fraction of sp³-hybridized carbons (Fsp3) is 0.538. The van der Waals surface area contributed by atoms with Crippen LogP contribution in [-0.2, 0) is 4.74 Å². The highest BCUT2D eigenvalue weighted by Crippen LogP contribution is 2.19. The van der Waals surface area contributed by atoms with E-state index in [0.717, 1.165) is 0 Å². The Hall–Kier alpha value is -1.86. The maximum absolute atomic E-state index is 12.3. The second-order valence-corrected chi connectivity index (χ2v) is 4.72. The minimum atomic E-state index is -1.10. The van der Waals surface area contributed by atoms with Crippen molar-refractivity contribution in [2.24, 2.45) is 0 Å². The molecule has 7 heteroatoms. The first-order chi connectivity index (χ1) is 9.29. The number of likely N-dealkylation sites (N-methyl/N-ethyl adjacent to an activating group) is 1. The molecule has 3 N–H and O–H groups in total. The number of carboxylic acid groups (broad SMARTS) is 1. The number of rotatable bonds is 6. The maximum atomic E-state index is 12.3. The summed E-state index contributed by atoms with van der Waals surface area (Å²) in [4.78, 5) is 27.4. The van der Waals surface area contributed by atoms with Gasteiger partial charge in [-0.3, -0.25) is 4.79 Å². The number of aromatic carboxylic acids is 1. The average Bonchev–Trinajstić information content (AvgIpc) is 2.64. The Bertz CT molecular complexity index is 509. The number of aliphatic hydroxyl groups is 1. The molecule has 0 aliphatic rings. The van der Waals surface area contributed by atoms with Gasteiger partial charge >= 0.3 is 5.97 Å². The van der Waals surface area contributed by atoms with Gasteiger partial charge in [0.2, 0.25) is 0 Å². The van der Waals surface area contributed by atoms with Gasteiger partial charge in [0.15, 0.2) is 0 Å². The number of nitrogens with zero attached hydrogens (tertiary/aromatic N) is 1. The number of amides is 1. The topological polar surface area (TPSA) is 103 Å². The van der Waals surface area contributed by atoms with Gasteiger partial charge in [-0.05, 0) is 19.4 Å². The summed E-state index contributed by atoms with van der Waals surface area (Å²) in [5.41, 5.74) is 1.23. The van der Waals surface area contributed by atoms with E-state index in [0.29, 0.717) is 16.8 Å². The largest absolute Gasteiger partial charge is 0.477 e. The normalized spacial score (nSPS) is 12.2. The van der Waals surface area contributed by atoms with Gasteiger partial charge in [0.05, 0.1) is 18.3 Å². The number of hydrogen-bond donors (Lipinski definition) is 3. The summed E-state index contributed by atoms with van der Waals surface area (Å²) < 4.78 is 4.80. The third-order valence-corrected chi connectivity index (χ3v) is 3.06. The molecule has 0 radical (unpaired) electrons. The monoisotopic (exact) mass is 284 g/mol. The van der Waals surface area contributed by atoms with Crippen LogP contribution in [0, 0.1) is 13.8 Å². The molecule has 0 aliphatic heterocycles. The number of H-pyrrole nitrogens is 1. The van der Waals surface area contributed by atoms with E-state index in [2.05, 4.69) is 4.98 Å². The number of methoxy groups -OCH3 is 1. The molecule has 0 spiro atoms. The fourth-order valence-electron chi connectivity index (χ4n) is 2.12. The lowest BCUT2D eigenvalue weighted by Gasteiger charge is -2.20. The number of carbonyl (C=O) groups is 2. The molecule has 1 atom stereocenters. The van der Waals surface area contributed by atoms with E-state index in [1.807, 2.05) is 0 Å². The van der Waals surface area contributed by atoms with Gasteiger partial charge in [-0.1, -0.05) is 0 Å². The molecule has 1 aromatic rings. The van der Waals surface area contributed by atoms with Gasteiger partial charge in [0, 0.05) is 26.4 Å². The van der Waals surface area contributed by atoms with E-state index in [1.165, 1.54) is 12.0 Å². The van der Waals surface area contributed by atoms with Crippen molar-refractivity contribution in [3.63, 3.8) is 0 Å². The molecule has 0 aromatic carbocycles. The number of hydrogen-bond acceptors (Lipinski definition) is 4. The number of aliphatic hydroxyl groups excluding tert-OH is 1. The molecular formula is C13H20N2O5. The Morgan fingerprint density at radius 2 is 2.00 bits per heavy atom. The predicted molar refractivity (Wildman–Crippen MR) is 72.1 cm³/mol. The van der Waals surface area contributed by atoms with Gasteiger partial charge in [0.25, 0.3) is 5.91 Å². The zero-order chi connectivity index (χ0) is 15.4. The van der Waals surface area contributed by atoms with Crippen LogP contribution in [0.2, 0.25) is 0 Å². The van der Waals surface area contributed by atoms with Crippen LogP contribution >= 0.6 is 0 Å². The van der Waals surface area contributed by atoms with Gasteiger partial charge in [-0.15, -0.1) is 0 Å². The Morgan fingerprint density at radius 3 is 2.45 bits per heavy atom. The van der Waals surface area contributed by atoms with Gasteiger partial charge in [-0.2, -0.15) is 0 Å². The van der Waals surface area contributed by atoms with Crippen LogP contribution in [0.15, 0.2) is 0 Å². The Morgan fingerprint density at radius 1 is 1.40 bits per heavy atom. The second kappa shape index (κ2) is 6.53. The number of carbonyl (C=O) groups excluding carboxylic acids is 1. The van der Waals surface area contributed by atoms with Crippen molar-refractivity contribution in [2.45, 2.75) is 20.0 Å². The molecular weight excluding hydrogens is 264 g/mol. The molecule has 1 aromatic heterocycles. The third kappa shape index (κ3) is 3.37. The number of aromatic amines is 1. The van der Waals surface area contributed by atoms with Crippen LogP contribution in [0.5, 0.6) is 0 Å². The lowest BCUT2D eigenvalue weighted by molar-refractivity contribution is 0.0379. The van der Waals surface area contributed by atoms with Gasteiger partial charge < -0.3 is 24.8 Å². The number of aryl methyl sites for hydroxylation is 1. The van der Waals surface area contributed by atoms with Crippen LogP contribution in [0.4, 0.5) is 0 Å². The Balaban J connectivity index is 2.95. The highest BCUT2D eigenvalue weighted by atomic mass is 16.5. The average molecular weight is 284 g/mol. The minimum absolute atomic E-state index is 0.0108. The second-order valence-electron chi connectivity index (χ2n) is 4.72. The quantitative estimate of drug-likeness (QED) is 0.702. The number of ether oxygens (including phenoxy) is 1. The molecule has 1 unspecified atom stereocenters. The zero-order valence-corrected chi connectivity index (χ0v) is 12.1. The first-order valence-corrected chi connectivity index (χ1v) is 6.14. The lowest BCUT2D eigenvalue weighted by atomic mass is 10.1. The number of carboxylic acids is 1. The van der Waals surface area contributed by atoms with E-state index in [9.17, 15) is 14.7 Å². The molecule has 0 bridgehead atoms. The Labute approximate surface area is 117 Å². The Kier molecular flexibility index (Phi) is 5.29. The van der Waals surface area contributed by atoms with E-state index >= 15 is 0 Å². The highest BCUT2D eigenvalue weighted by Gasteiger charge is 2.24. The summed E-state index contributed by atoms with van der Waals surface area (Å²) in [6, 6.07) is 0. The summed E-state index contributed by atoms with van der Waals surface area (Å²) in [7, 11) is 3.01. The summed E-state index contributed by atoms with van der Waals surface area (Å²) in [6.07, 6.45) is -0.785. The SMILES string of the molecule is COCC(O)CN(C)C(=O)c1c(C)[nH]c(C(=O)O)c1C. The van der Waals surface area contributed by atoms with Crippen molar-refractivity contribution >= 4 is 11.9 Å². The van der Waals surface area contributed by atoms with Crippen LogP contribution in [0.25, 0.3) is 0 Å². The smallest absolute Gasteiger partial charge is 0.352 e. The van der Waals surface area contributed by atoms with E-state index in [4.69, 9.17) is 9.84 Å². The summed E-state index contributed by atoms with van der Waals surface area (Å²) in [5.74, 6) is -1.44. The molecule has 1 amide bonds. The van der Waals surface area contributed by atoms with Crippen molar-refractivity contribution in [3.05, 3.63) is 22.5 Å². The molecule has 1 heterocycles. The highest BCUT2D eigenvalue weighted by molar-refractivity contribution is 6.00. The van der Waals surface area contributed by atoms with Crippen molar-refractivity contribution in [1.82, 2.24) is 9.88 Å². The zero-order valence-electron chi connectivity index (χ0n) is 12.1.